The number of aromatic nitrogens is 1. The third-order valence-corrected chi connectivity index (χ3v) is 7.84. The van der Waals surface area contributed by atoms with Crippen LogP contribution in [0.25, 0.3) is 0 Å². The molecule has 0 radical (unpaired) electrons. The highest BCUT2D eigenvalue weighted by molar-refractivity contribution is 6.45. The van der Waals surface area contributed by atoms with E-state index >= 15 is 0 Å². The molecule has 9 nitrogen and oxygen atoms in total. The Morgan fingerprint density at radius 2 is 1.53 bits per heavy atom. The Labute approximate surface area is 230 Å². The van der Waals surface area contributed by atoms with Gasteiger partial charge in [-0.3, -0.25) is 15.1 Å². The maximum absolute atomic E-state index is 12.9. The summed E-state index contributed by atoms with van der Waals surface area (Å²) in [5.41, 5.74) is 0.514. The van der Waals surface area contributed by atoms with Crippen molar-refractivity contribution in [2.75, 3.05) is 70.2 Å². The molecule has 4 rings (SSSR count). The molecule has 3 aliphatic rings. The molecule has 1 saturated carbocycles. The molecular weight excluding hydrogens is 478 g/mol. The lowest BCUT2D eigenvalue weighted by molar-refractivity contribution is -0.115. The van der Waals surface area contributed by atoms with Gasteiger partial charge in [0.15, 0.2) is 0 Å². The maximum atomic E-state index is 12.9. The highest BCUT2D eigenvalue weighted by Gasteiger charge is 2.24. The van der Waals surface area contributed by atoms with Gasteiger partial charge >= 0.3 is 0 Å². The van der Waals surface area contributed by atoms with Gasteiger partial charge in [0, 0.05) is 64.0 Å². The number of morpholine rings is 1. The molecule has 1 amide bonds. The number of carbonyl (C=O) groups is 1. The summed E-state index contributed by atoms with van der Waals surface area (Å²) in [6, 6.07) is 4.31. The summed E-state index contributed by atoms with van der Waals surface area (Å²) in [4.78, 5) is 22.6. The first-order valence-electron chi connectivity index (χ1n) is 15.0. The van der Waals surface area contributed by atoms with Crippen LogP contribution >= 0.6 is 0 Å². The van der Waals surface area contributed by atoms with Crippen LogP contribution in [0.15, 0.2) is 12.1 Å². The van der Waals surface area contributed by atoms with Gasteiger partial charge in [0.05, 0.1) is 13.2 Å². The monoisotopic (exact) mass is 529 g/mol. The summed E-state index contributed by atoms with van der Waals surface area (Å²) < 4.78 is 5.43. The molecule has 1 aromatic heterocycles. The van der Waals surface area contributed by atoms with E-state index in [1.807, 2.05) is 26.0 Å². The number of nitrogens with zero attached hydrogens (tertiary/aromatic N) is 3. The van der Waals surface area contributed by atoms with Crippen LogP contribution < -0.4 is 16.0 Å². The molecule has 214 valence electrons. The summed E-state index contributed by atoms with van der Waals surface area (Å²) in [5.74, 6) is 1.07. The van der Waals surface area contributed by atoms with Crippen LogP contribution in [-0.4, -0.2) is 98.0 Å². The first-order valence-corrected chi connectivity index (χ1v) is 15.0. The topological polar surface area (TPSA) is 106 Å². The zero-order valence-corrected chi connectivity index (χ0v) is 24.0. The average molecular weight is 530 g/mol. The summed E-state index contributed by atoms with van der Waals surface area (Å²) in [5, 5.41) is 18.3. The number of hydrogen-bond acceptors (Lipinski definition) is 8. The lowest BCUT2D eigenvalue weighted by atomic mass is 9.97. The Balaban J connectivity index is 0.00000195. The Hall–Kier alpha value is -2.23. The van der Waals surface area contributed by atoms with Crippen LogP contribution in [0.5, 0.6) is 0 Å². The molecule has 3 fully saturated rings. The van der Waals surface area contributed by atoms with Crippen LogP contribution in [0.3, 0.4) is 0 Å². The number of amides is 1. The number of pyridine rings is 1. The first-order chi connectivity index (χ1) is 18.6. The van der Waals surface area contributed by atoms with Crippen molar-refractivity contribution in [2.45, 2.75) is 83.7 Å². The second-order valence-electron chi connectivity index (χ2n) is 10.4. The molecule has 3 heterocycles. The molecule has 1 aliphatic carbocycles. The number of piperidine rings is 1. The van der Waals surface area contributed by atoms with E-state index in [9.17, 15) is 4.79 Å². The minimum Gasteiger partial charge on any atom is -0.379 e. The number of hydrogen-bond donors (Lipinski definition) is 4. The number of rotatable bonds is 9. The molecule has 38 heavy (non-hydrogen) atoms. The molecule has 0 atom stereocenters. The molecule has 2 saturated heterocycles. The standard InChI is InChI=1S/C27H45N7O2.C2H6/c1-29-26-23(9-10-24(32-26)30-21-7-5-3-2-4-6-8-21)25(28)27(35)31-22-11-13-33(14-12-22)15-16-34-17-19-36-20-18-34;1-2/h9-10,21-22,28H,2-8,11-20H2,1H3,(H,31,35)(H2,29,30,32);1-2H3. The van der Waals surface area contributed by atoms with Gasteiger partial charge in [-0.15, -0.1) is 0 Å². The van der Waals surface area contributed by atoms with E-state index in [1.165, 1.54) is 44.9 Å². The van der Waals surface area contributed by atoms with E-state index in [2.05, 4.69) is 25.8 Å². The summed E-state index contributed by atoms with van der Waals surface area (Å²) in [7, 11) is 1.79. The van der Waals surface area contributed by atoms with Crippen molar-refractivity contribution in [3.63, 3.8) is 0 Å². The van der Waals surface area contributed by atoms with Gasteiger partial charge in [-0.25, -0.2) is 4.98 Å². The van der Waals surface area contributed by atoms with Crippen molar-refractivity contribution in [1.82, 2.24) is 20.1 Å². The Kier molecular flexibility index (Phi) is 13.3. The van der Waals surface area contributed by atoms with E-state index in [4.69, 9.17) is 15.1 Å². The molecule has 0 bridgehead atoms. The first kappa shape index (κ1) is 30.3. The van der Waals surface area contributed by atoms with Crippen molar-refractivity contribution in [2.24, 2.45) is 0 Å². The van der Waals surface area contributed by atoms with Gasteiger partial charge in [-0.05, 0) is 37.8 Å². The summed E-state index contributed by atoms with van der Waals surface area (Å²) >= 11 is 0. The zero-order chi connectivity index (χ0) is 27.2. The summed E-state index contributed by atoms with van der Waals surface area (Å²) in [6.45, 7) is 11.8. The van der Waals surface area contributed by atoms with E-state index in [0.717, 1.165) is 71.1 Å². The number of likely N-dealkylation sites (tertiary alicyclic amines) is 1. The highest BCUT2D eigenvalue weighted by atomic mass is 16.5. The van der Waals surface area contributed by atoms with Gasteiger partial charge in [0.2, 0.25) is 0 Å². The van der Waals surface area contributed by atoms with Gasteiger partial charge in [0.25, 0.3) is 5.91 Å². The van der Waals surface area contributed by atoms with E-state index in [0.29, 0.717) is 17.4 Å². The number of ether oxygens (including phenoxy) is 1. The zero-order valence-electron chi connectivity index (χ0n) is 24.0. The predicted molar refractivity (Wildman–Crippen MR) is 157 cm³/mol. The van der Waals surface area contributed by atoms with Crippen molar-refractivity contribution in [1.29, 1.82) is 5.41 Å². The minimum atomic E-state index is -0.319. The molecule has 2 aliphatic heterocycles. The molecular formula is C29H51N7O2. The molecule has 0 unspecified atom stereocenters. The SMILES string of the molecule is CC.CNc1nc(NC2CCCCCCC2)ccc1C(=N)C(=O)NC1CCN(CCN2CCOCC2)CC1. The fourth-order valence-corrected chi connectivity index (χ4v) is 5.53. The Morgan fingerprint density at radius 1 is 0.921 bits per heavy atom. The van der Waals surface area contributed by atoms with Crippen molar-refractivity contribution in [3.8, 4) is 0 Å². The fourth-order valence-electron chi connectivity index (χ4n) is 5.53. The maximum Gasteiger partial charge on any atom is 0.270 e. The van der Waals surface area contributed by atoms with Crippen LogP contribution in [0.4, 0.5) is 11.6 Å². The van der Waals surface area contributed by atoms with E-state index in [-0.39, 0.29) is 17.7 Å². The van der Waals surface area contributed by atoms with E-state index < -0.39 is 0 Å². The third-order valence-electron chi connectivity index (χ3n) is 7.84. The Morgan fingerprint density at radius 3 is 2.16 bits per heavy atom. The van der Waals surface area contributed by atoms with Crippen molar-refractivity contribution in [3.05, 3.63) is 17.7 Å². The van der Waals surface area contributed by atoms with Gasteiger partial charge < -0.3 is 25.6 Å². The van der Waals surface area contributed by atoms with Gasteiger partial charge in [-0.2, -0.15) is 0 Å². The van der Waals surface area contributed by atoms with Gasteiger partial charge in [-0.1, -0.05) is 46.0 Å². The van der Waals surface area contributed by atoms with E-state index in [1.54, 1.807) is 7.05 Å². The van der Waals surface area contributed by atoms with Crippen LogP contribution in [0.1, 0.15) is 77.2 Å². The second-order valence-corrected chi connectivity index (χ2v) is 10.4. The lowest BCUT2D eigenvalue weighted by Crippen LogP contribution is -2.48. The highest BCUT2D eigenvalue weighted by Crippen LogP contribution is 2.22. The average Bonchev–Trinajstić information content (AvgIpc) is 2.95. The summed E-state index contributed by atoms with van der Waals surface area (Å²) in [6.07, 6.45) is 10.7. The molecule has 0 aromatic carbocycles. The number of anilines is 2. The fraction of sp³-hybridized carbons (Fsp3) is 0.759. The normalized spacial score (nSPS) is 20.4. The largest absolute Gasteiger partial charge is 0.379 e. The van der Waals surface area contributed by atoms with Crippen molar-refractivity contribution >= 4 is 23.3 Å². The molecule has 9 heteroatoms. The quantitative estimate of drug-likeness (QED) is 0.359. The second kappa shape index (κ2) is 16.7. The smallest absolute Gasteiger partial charge is 0.270 e. The van der Waals surface area contributed by atoms with Crippen molar-refractivity contribution < 1.29 is 9.53 Å². The van der Waals surface area contributed by atoms with Crippen LogP contribution in [-0.2, 0) is 9.53 Å². The lowest BCUT2D eigenvalue weighted by Gasteiger charge is -2.34. The van der Waals surface area contributed by atoms with Crippen LogP contribution in [0.2, 0.25) is 0 Å². The molecule has 4 N–H and O–H groups in total. The Bertz CT molecular complexity index is 843. The molecule has 1 aromatic rings. The number of carbonyl (C=O) groups excluding carboxylic acids is 1. The predicted octanol–water partition coefficient (Wildman–Crippen LogP) is 3.95. The molecule has 0 spiro atoms. The van der Waals surface area contributed by atoms with Gasteiger partial charge in [0.1, 0.15) is 17.3 Å². The minimum absolute atomic E-state index is 0.0286. The number of nitrogens with one attached hydrogen (secondary N) is 4. The third kappa shape index (κ3) is 9.50. The van der Waals surface area contributed by atoms with Crippen LogP contribution in [0, 0.1) is 5.41 Å².